The number of aromatic nitrogens is 3. The Kier molecular flexibility index (Phi) is 7.12. The number of hydrazine groups is 1. The average molecular weight is 430 g/mol. The van der Waals surface area contributed by atoms with Crippen LogP contribution in [0.15, 0.2) is 46.2 Å². The van der Waals surface area contributed by atoms with Gasteiger partial charge >= 0.3 is 0 Å². The molecular weight excluding hydrogens is 406 g/mol. The summed E-state index contributed by atoms with van der Waals surface area (Å²) in [6, 6.07) is 9.33. The molecule has 0 atom stereocenters. The smallest absolute Gasteiger partial charge is 0.276 e. The monoisotopic (exact) mass is 429 g/mol. The first-order valence-corrected chi connectivity index (χ1v) is 10.3. The van der Waals surface area contributed by atoms with Crippen LogP contribution in [0, 0.1) is 13.8 Å². The standard InChI is InChI=1S/C20H23N5O4S/c1-4-25-19(15-6-5-9-28-15)23-24-20(25)30-12-18(27)22-21-17(26)11-29-16-10-13(2)7-8-14(16)3/h5-10H,4,11-12H2,1-3H3,(H,21,26)(H,22,27). The van der Waals surface area contributed by atoms with Crippen LogP contribution in [-0.4, -0.2) is 38.9 Å². The van der Waals surface area contributed by atoms with Gasteiger partial charge in [0, 0.05) is 6.54 Å². The fourth-order valence-corrected chi connectivity index (χ4v) is 3.42. The molecule has 2 heterocycles. The van der Waals surface area contributed by atoms with Crippen molar-refractivity contribution in [1.82, 2.24) is 25.6 Å². The van der Waals surface area contributed by atoms with Crippen molar-refractivity contribution in [2.45, 2.75) is 32.5 Å². The number of aryl methyl sites for hydroxylation is 2. The van der Waals surface area contributed by atoms with Gasteiger partial charge in [-0.25, -0.2) is 0 Å². The Bertz CT molecular complexity index is 1020. The van der Waals surface area contributed by atoms with Crippen molar-refractivity contribution in [3.05, 3.63) is 47.7 Å². The first-order chi connectivity index (χ1) is 14.5. The molecule has 0 aliphatic rings. The van der Waals surface area contributed by atoms with Crippen LogP contribution in [0.4, 0.5) is 0 Å². The van der Waals surface area contributed by atoms with Gasteiger partial charge in [-0.05, 0) is 50.1 Å². The Morgan fingerprint density at radius 1 is 1.17 bits per heavy atom. The van der Waals surface area contributed by atoms with Crippen LogP contribution in [0.1, 0.15) is 18.1 Å². The van der Waals surface area contributed by atoms with Crippen molar-refractivity contribution >= 4 is 23.6 Å². The number of hydrogen-bond acceptors (Lipinski definition) is 7. The fourth-order valence-electron chi connectivity index (χ4n) is 2.62. The maximum Gasteiger partial charge on any atom is 0.276 e. The molecule has 9 nitrogen and oxygen atoms in total. The highest BCUT2D eigenvalue weighted by atomic mass is 32.2. The Morgan fingerprint density at radius 3 is 2.70 bits per heavy atom. The molecule has 0 saturated carbocycles. The van der Waals surface area contributed by atoms with E-state index in [1.54, 1.807) is 18.4 Å². The molecule has 2 aromatic heterocycles. The van der Waals surface area contributed by atoms with Crippen molar-refractivity contribution in [3.8, 4) is 17.3 Å². The van der Waals surface area contributed by atoms with Crippen LogP contribution in [0.2, 0.25) is 0 Å². The van der Waals surface area contributed by atoms with Crippen LogP contribution in [0.25, 0.3) is 11.6 Å². The van der Waals surface area contributed by atoms with E-state index in [0.29, 0.717) is 29.0 Å². The topological polar surface area (TPSA) is 111 Å². The van der Waals surface area contributed by atoms with Crippen molar-refractivity contribution in [1.29, 1.82) is 0 Å². The quantitative estimate of drug-likeness (QED) is 0.418. The zero-order valence-corrected chi connectivity index (χ0v) is 17.8. The van der Waals surface area contributed by atoms with E-state index < -0.39 is 5.91 Å². The number of benzene rings is 1. The fraction of sp³-hybridized carbons (Fsp3) is 0.300. The van der Waals surface area contributed by atoms with Crippen LogP contribution in [0.3, 0.4) is 0 Å². The molecule has 0 radical (unpaired) electrons. The Hall–Kier alpha value is -3.27. The van der Waals surface area contributed by atoms with E-state index in [-0.39, 0.29) is 18.3 Å². The number of ether oxygens (including phenoxy) is 1. The summed E-state index contributed by atoms with van der Waals surface area (Å²) < 4.78 is 12.7. The van der Waals surface area contributed by atoms with Crippen LogP contribution >= 0.6 is 11.8 Å². The lowest BCUT2D eigenvalue weighted by Gasteiger charge is -2.11. The Labute approximate surface area is 178 Å². The van der Waals surface area contributed by atoms with Gasteiger partial charge < -0.3 is 9.15 Å². The molecule has 10 heteroatoms. The summed E-state index contributed by atoms with van der Waals surface area (Å²) in [6.45, 7) is 6.23. The summed E-state index contributed by atoms with van der Waals surface area (Å²) in [4.78, 5) is 24.0. The Morgan fingerprint density at radius 2 is 1.97 bits per heavy atom. The highest BCUT2D eigenvalue weighted by Crippen LogP contribution is 2.24. The minimum atomic E-state index is -0.453. The summed E-state index contributed by atoms with van der Waals surface area (Å²) in [5.74, 6) is 1.09. The third kappa shape index (κ3) is 5.41. The highest BCUT2D eigenvalue weighted by molar-refractivity contribution is 7.99. The van der Waals surface area contributed by atoms with E-state index in [0.717, 1.165) is 11.1 Å². The number of amides is 2. The SMILES string of the molecule is CCn1c(SCC(=O)NNC(=O)COc2cc(C)ccc2C)nnc1-c1ccco1. The van der Waals surface area contributed by atoms with Crippen molar-refractivity contribution in [2.75, 3.05) is 12.4 Å². The molecule has 0 unspecified atom stereocenters. The number of furan rings is 1. The van der Waals surface area contributed by atoms with E-state index in [1.165, 1.54) is 11.8 Å². The van der Waals surface area contributed by atoms with Crippen LogP contribution in [-0.2, 0) is 16.1 Å². The highest BCUT2D eigenvalue weighted by Gasteiger charge is 2.16. The number of nitrogens with zero attached hydrogens (tertiary/aromatic N) is 3. The van der Waals surface area contributed by atoms with E-state index in [4.69, 9.17) is 9.15 Å². The molecule has 2 N–H and O–H groups in total. The molecule has 3 aromatic rings. The van der Waals surface area contributed by atoms with Gasteiger partial charge in [0.05, 0.1) is 12.0 Å². The summed E-state index contributed by atoms with van der Waals surface area (Å²) in [7, 11) is 0. The molecule has 0 fully saturated rings. The number of hydrogen-bond donors (Lipinski definition) is 2. The minimum absolute atomic E-state index is 0.0639. The van der Waals surface area contributed by atoms with Crippen molar-refractivity contribution in [3.63, 3.8) is 0 Å². The number of thioether (sulfide) groups is 1. The number of carbonyl (C=O) groups is 2. The lowest BCUT2D eigenvalue weighted by atomic mass is 10.1. The van der Waals surface area contributed by atoms with Gasteiger partial charge in [-0.1, -0.05) is 23.9 Å². The first-order valence-electron chi connectivity index (χ1n) is 9.35. The van der Waals surface area contributed by atoms with E-state index in [9.17, 15) is 9.59 Å². The van der Waals surface area contributed by atoms with E-state index in [1.807, 2.05) is 43.5 Å². The average Bonchev–Trinajstić information content (AvgIpc) is 3.40. The molecule has 0 aliphatic carbocycles. The molecule has 0 aliphatic heterocycles. The molecule has 3 rings (SSSR count). The van der Waals surface area contributed by atoms with Gasteiger partial charge in [-0.15, -0.1) is 10.2 Å². The molecular formula is C20H23N5O4S. The summed E-state index contributed by atoms with van der Waals surface area (Å²) >= 11 is 1.22. The second kappa shape index (κ2) is 9.97. The largest absolute Gasteiger partial charge is 0.483 e. The molecule has 30 heavy (non-hydrogen) atoms. The minimum Gasteiger partial charge on any atom is -0.483 e. The zero-order chi connectivity index (χ0) is 21.5. The van der Waals surface area contributed by atoms with Crippen LogP contribution in [0.5, 0.6) is 5.75 Å². The third-order valence-corrected chi connectivity index (χ3v) is 5.12. The second-order valence-electron chi connectivity index (χ2n) is 6.47. The molecule has 1 aromatic carbocycles. The number of rotatable bonds is 8. The molecule has 2 amide bonds. The summed E-state index contributed by atoms with van der Waals surface area (Å²) in [6.07, 6.45) is 1.57. The van der Waals surface area contributed by atoms with Gasteiger partial charge in [0.1, 0.15) is 5.75 Å². The van der Waals surface area contributed by atoms with Crippen molar-refractivity contribution in [2.24, 2.45) is 0 Å². The molecule has 0 bridgehead atoms. The lowest BCUT2D eigenvalue weighted by Crippen LogP contribution is -2.44. The van der Waals surface area contributed by atoms with Gasteiger partial charge in [0.2, 0.25) is 5.91 Å². The predicted molar refractivity (Wildman–Crippen MR) is 112 cm³/mol. The van der Waals surface area contributed by atoms with Crippen molar-refractivity contribution < 1.29 is 18.7 Å². The summed E-state index contributed by atoms with van der Waals surface area (Å²) in [5.41, 5.74) is 6.69. The van der Waals surface area contributed by atoms with Gasteiger partial charge in [0.15, 0.2) is 23.3 Å². The maximum absolute atomic E-state index is 12.1. The normalized spacial score (nSPS) is 10.6. The third-order valence-electron chi connectivity index (χ3n) is 4.15. The second-order valence-corrected chi connectivity index (χ2v) is 7.41. The number of nitrogens with one attached hydrogen (secondary N) is 2. The predicted octanol–water partition coefficient (Wildman–Crippen LogP) is 2.49. The molecule has 0 spiro atoms. The number of carbonyl (C=O) groups excluding carboxylic acids is 2. The van der Waals surface area contributed by atoms with E-state index in [2.05, 4.69) is 21.0 Å². The first kappa shape index (κ1) is 21.4. The van der Waals surface area contributed by atoms with Gasteiger partial charge in [-0.2, -0.15) is 0 Å². The van der Waals surface area contributed by atoms with E-state index >= 15 is 0 Å². The zero-order valence-electron chi connectivity index (χ0n) is 17.0. The van der Waals surface area contributed by atoms with Crippen LogP contribution < -0.4 is 15.6 Å². The Balaban J connectivity index is 1.45. The molecule has 0 saturated heterocycles. The van der Waals surface area contributed by atoms with Gasteiger partial charge in [0.25, 0.3) is 5.91 Å². The summed E-state index contributed by atoms with van der Waals surface area (Å²) in [5, 5.41) is 8.83. The van der Waals surface area contributed by atoms with Gasteiger partial charge in [-0.3, -0.25) is 25.0 Å². The maximum atomic E-state index is 12.1. The lowest BCUT2D eigenvalue weighted by molar-refractivity contribution is -0.128. The molecule has 158 valence electrons.